The molecule has 1 fully saturated rings. The Balaban J connectivity index is 2.18. The summed E-state index contributed by atoms with van der Waals surface area (Å²) in [5, 5.41) is 0. The van der Waals surface area contributed by atoms with Crippen molar-refractivity contribution in [3.05, 3.63) is 24.0 Å². The highest BCUT2D eigenvalue weighted by Crippen LogP contribution is 2.32. The summed E-state index contributed by atoms with van der Waals surface area (Å²) in [7, 11) is 1.58. The third-order valence-corrected chi connectivity index (χ3v) is 3.58. The van der Waals surface area contributed by atoms with Crippen molar-refractivity contribution in [1.29, 1.82) is 0 Å². The lowest BCUT2D eigenvalue weighted by molar-refractivity contribution is 0.0865. The molecule has 0 aliphatic heterocycles. The smallest absolute Gasteiger partial charge is 0.169 e. The quantitative estimate of drug-likeness (QED) is 0.753. The molecular weight excluding hydrogens is 214 g/mol. The first kappa shape index (κ1) is 12.1. The molecule has 0 spiro atoms. The number of methoxy groups -OCH3 is 1. The fraction of sp³-hybridized carbons (Fsp3) is 0.571. The van der Waals surface area contributed by atoms with Gasteiger partial charge in [0.1, 0.15) is 5.75 Å². The number of Topliss-reactive ketones (excluding diaryl/α,β-unsaturated/α-hetero) is 1. The van der Waals surface area contributed by atoms with Gasteiger partial charge in [-0.3, -0.25) is 9.78 Å². The van der Waals surface area contributed by atoms with Crippen LogP contribution in [-0.2, 0) is 0 Å². The van der Waals surface area contributed by atoms with E-state index in [0.29, 0.717) is 17.2 Å². The van der Waals surface area contributed by atoms with Crippen molar-refractivity contribution in [2.45, 2.75) is 32.6 Å². The van der Waals surface area contributed by atoms with Crippen LogP contribution in [0.15, 0.2) is 18.5 Å². The lowest BCUT2D eigenvalue weighted by Gasteiger charge is -2.25. The summed E-state index contributed by atoms with van der Waals surface area (Å²) in [4.78, 5) is 16.4. The van der Waals surface area contributed by atoms with Crippen LogP contribution in [0.3, 0.4) is 0 Å². The maximum atomic E-state index is 12.4. The van der Waals surface area contributed by atoms with E-state index in [1.165, 1.54) is 6.42 Å². The average Bonchev–Trinajstić information content (AvgIpc) is 2.38. The van der Waals surface area contributed by atoms with Crippen molar-refractivity contribution in [2.24, 2.45) is 11.8 Å². The van der Waals surface area contributed by atoms with Gasteiger partial charge in [0.15, 0.2) is 5.78 Å². The summed E-state index contributed by atoms with van der Waals surface area (Å²) < 4.78 is 5.20. The molecular formula is C14H19NO2. The van der Waals surface area contributed by atoms with Crippen molar-refractivity contribution in [3.63, 3.8) is 0 Å². The first-order valence-electron chi connectivity index (χ1n) is 6.24. The van der Waals surface area contributed by atoms with Gasteiger partial charge in [0, 0.05) is 12.1 Å². The Hall–Kier alpha value is -1.38. The lowest BCUT2D eigenvalue weighted by Crippen LogP contribution is -2.22. The largest absolute Gasteiger partial charge is 0.494 e. The SMILES string of the molecule is COc1cnccc1C(=O)C1CCCC(C)C1. The Morgan fingerprint density at radius 3 is 3.00 bits per heavy atom. The van der Waals surface area contributed by atoms with Crippen LogP contribution in [-0.4, -0.2) is 17.9 Å². The zero-order valence-corrected chi connectivity index (χ0v) is 10.5. The molecule has 2 unspecified atom stereocenters. The standard InChI is InChI=1S/C14H19NO2/c1-10-4-3-5-11(8-10)14(16)12-6-7-15-9-13(12)17-2/h6-7,9-11H,3-5,8H2,1-2H3. The van der Waals surface area contributed by atoms with Gasteiger partial charge in [-0.2, -0.15) is 0 Å². The number of carbonyl (C=O) groups is 1. The number of rotatable bonds is 3. The molecule has 0 amide bonds. The second-order valence-electron chi connectivity index (χ2n) is 4.91. The Kier molecular flexibility index (Phi) is 3.77. The van der Waals surface area contributed by atoms with Crippen molar-refractivity contribution in [3.8, 4) is 5.75 Å². The molecule has 1 aliphatic carbocycles. The number of ketones is 1. The molecule has 0 saturated heterocycles. The molecule has 3 heteroatoms. The van der Waals surface area contributed by atoms with Gasteiger partial charge in [-0.1, -0.05) is 19.8 Å². The van der Waals surface area contributed by atoms with Crippen LogP contribution in [0.25, 0.3) is 0 Å². The fourth-order valence-electron chi connectivity index (χ4n) is 2.64. The number of hydrogen-bond acceptors (Lipinski definition) is 3. The Morgan fingerprint density at radius 1 is 1.47 bits per heavy atom. The first-order valence-corrected chi connectivity index (χ1v) is 6.24. The van der Waals surface area contributed by atoms with Crippen LogP contribution < -0.4 is 4.74 Å². The number of aromatic nitrogens is 1. The molecule has 92 valence electrons. The van der Waals surface area contributed by atoms with E-state index in [9.17, 15) is 4.79 Å². The van der Waals surface area contributed by atoms with Gasteiger partial charge in [-0.25, -0.2) is 0 Å². The predicted octanol–water partition coefficient (Wildman–Crippen LogP) is 3.10. The summed E-state index contributed by atoms with van der Waals surface area (Å²) in [6.45, 7) is 2.23. The summed E-state index contributed by atoms with van der Waals surface area (Å²) in [6, 6.07) is 1.76. The molecule has 1 aliphatic rings. The maximum absolute atomic E-state index is 12.4. The summed E-state index contributed by atoms with van der Waals surface area (Å²) in [5.41, 5.74) is 0.682. The number of hydrogen-bond donors (Lipinski definition) is 0. The Labute approximate surface area is 102 Å². The normalized spacial score (nSPS) is 24.4. The molecule has 0 bridgehead atoms. The van der Waals surface area contributed by atoms with Crippen molar-refractivity contribution in [2.75, 3.05) is 7.11 Å². The number of ether oxygens (including phenoxy) is 1. The minimum Gasteiger partial charge on any atom is -0.494 e. The highest BCUT2D eigenvalue weighted by molar-refractivity contribution is 6.00. The van der Waals surface area contributed by atoms with E-state index >= 15 is 0 Å². The van der Waals surface area contributed by atoms with Crippen molar-refractivity contribution >= 4 is 5.78 Å². The molecule has 1 saturated carbocycles. The molecule has 0 N–H and O–H groups in total. The molecule has 2 rings (SSSR count). The second kappa shape index (κ2) is 5.30. The topological polar surface area (TPSA) is 39.2 Å². The number of carbonyl (C=O) groups excluding carboxylic acids is 1. The first-order chi connectivity index (χ1) is 8.22. The zero-order chi connectivity index (χ0) is 12.3. The third kappa shape index (κ3) is 2.65. The van der Waals surface area contributed by atoms with Gasteiger partial charge in [0.05, 0.1) is 18.9 Å². The molecule has 0 aromatic carbocycles. The van der Waals surface area contributed by atoms with Gasteiger partial charge >= 0.3 is 0 Å². The van der Waals surface area contributed by atoms with Crippen molar-refractivity contribution < 1.29 is 9.53 Å². The van der Waals surface area contributed by atoms with E-state index in [1.54, 1.807) is 25.6 Å². The van der Waals surface area contributed by atoms with E-state index < -0.39 is 0 Å². The monoisotopic (exact) mass is 233 g/mol. The Morgan fingerprint density at radius 2 is 2.29 bits per heavy atom. The molecule has 1 heterocycles. The minimum absolute atomic E-state index is 0.162. The minimum atomic E-state index is 0.162. The fourth-order valence-corrected chi connectivity index (χ4v) is 2.64. The number of pyridine rings is 1. The van der Waals surface area contributed by atoms with E-state index in [4.69, 9.17) is 4.74 Å². The summed E-state index contributed by atoms with van der Waals surface area (Å²) in [6.07, 6.45) is 7.68. The molecule has 0 radical (unpaired) electrons. The molecule has 17 heavy (non-hydrogen) atoms. The maximum Gasteiger partial charge on any atom is 0.169 e. The lowest BCUT2D eigenvalue weighted by atomic mass is 9.79. The van der Waals surface area contributed by atoms with Gasteiger partial charge in [-0.05, 0) is 24.8 Å². The summed E-state index contributed by atoms with van der Waals surface area (Å²) in [5.74, 6) is 1.63. The molecule has 3 nitrogen and oxygen atoms in total. The van der Waals surface area contributed by atoms with Crippen LogP contribution in [0, 0.1) is 11.8 Å². The van der Waals surface area contributed by atoms with E-state index in [0.717, 1.165) is 19.3 Å². The third-order valence-electron chi connectivity index (χ3n) is 3.58. The van der Waals surface area contributed by atoms with E-state index in [-0.39, 0.29) is 11.7 Å². The van der Waals surface area contributed by atoms with Crippen LogP contribution in [0.2, 0.25) is 0 Å². The molecule has 2 atom stereocenters. The van der Waals surface area contributed by atoms with Gasteiger partial charge in [0.2, 0.25) is 0 Å². The number of nitrogens with zero attached hydrogens (tertiary/aromatic N) is 1. The second-order valence-corrected chi connectivity index (χ2v) is 4.91. The van der Waals surface area contributed by atoms with Crippen LogP contribution in [0.4, 0.5) is 0 Å². The molecule has 1 aromatic heterocycles. The highest BCUT2D eigenvalue weighted by Gasteiger charge is 2.27. The highest BCUT2D eigenvalue weighted by atomic mass is 16.5. The van der Waals surface area contributed by atoms with Crippen LogP contribution in [0.1, 0.15) is 43.0 Å². The van der Waals surface area contributed by atoms with Gasteiger partial charge in [-0.15, -0.1) is 0 Å². The van der Waals surface area contributed by atoms with Gasteiger partial charge in [0.25, 0.3) is 0 Å². The molecule has 1 aromatic rings. The Bertz CT molecular complexity index is 403. The van der Waals surface area contributed by atoms with E-state index in [1.807, 2.05) is 0 Å². The summed E-state index contributed by atoms with van der Waals surface area (Å²) >= 11 is 0. The average molecular weight is 233 g/mol. The van der Waals surface area contributed by atoms with Crippen LogP contribution in [0.5, 0.6) is 5.75 Å². The van der Waals surface area contributed by atoms with E-state index in [2.05, 4.69) is 11.9 Å². The van der Waals surface area contributed by atoms with Crippen molar-refractivity contribution in [1.82, 2.24) is 4.98 Å². The van der Waals surface area contributed by atoms with Gasteiger partial charge < -0.3 is 4.74 Å². The predicted molar refractivity (Wildman–Crippen MR) is 66.2 cm³/mol. The van der Waals surface area contributed by atoms with Crippen LogP contribution >= 0.6 is 0 Å². The zero-order valence-electron chi connectivity index (χ0n) is 10.5.